The molecule has 1 aliphatic heterocycles. The number of aromatic nitrogens is 1. The summed E-state index contributed by atoms with van der Waals surface area (Å²) in [4.78, 5) is 21.0. The third kappa shape index (κ3) is 4.45. The Labute approximate surface area is 165 Å². The summed E-state index contributed by atoms with van der Waals surface area (Å²) in [6.45, 7) is 3.49. The molecule has 0 saturated carbocycles. The van der Waals surface area contributed by atoms with E-state index in [-0.39, 0.29) is 24.1 Å². The number of benzene rings is 2. The SMILES string of the molecule is O=C(CN1CCCN(c2ccc(F)cc2)CC1)Nc1nc2ccc(F)cc2s1. The van der Waals surface area contributed by atoms with Crippen LogP contribution >= 0.6 is 11.3 Å². The van der Waals surface area contributed by atoms with Crippen LogP contribution < -0.4 is 10.2 Å². The van der Waals surface area contributed by atoms with E-state index in [4.69, 9.17) is 0 Å². The van der Waals surface area contributed by atoms with Crippen LogP contribution in [0.5, 0.6) is 0 Å². The van der Waals surface area contributed by atoms with Gasteiger partial charge in [0.05, 0.1) is 16.8 Å². The lowest BCUT2D eigenvalue weighted by Crippen LogP contribution is -2.36. The van der Waals surface area contributed by atoms with Crippen LogP contribution in [0.25, 0.3) is 10.2 Å². The van der Waals surface area contributed by atoms with Crippen molar-refractivity contribution < 1.29 is 13.6 Å². The van der Waals surface area contributed by atoms with E-state index in [1.807, 2.05) is 0 Å². The highest BCUT2D eigenvalue weighted by Crippen LogP contribution is 2.26. The van der Waals surface area contributed by atoms with E-state index in [0.29, 0.717) is 15.3 Å². The molecule has 0 atom stereocenters. The molecule has 1 aliphatic rings. The van der Waals surface area contributed by atoms with Gasteiger partial charge >= 0.3 is 0 Å². The van der Waals surface area contributed by atoms with Crippen molar-refractivity contribution in [2.45, 2.75) is 6.42 Å². The summed E-state index contributed by atoms with van der Waals surface area (Å²) in [6, 6.07) is 10.9. The zero-order chi connectivity index (χ0) is 19.5. The summed E-state index contributed by atoms with van der Waals surface area (Å²) >= 11 is 1.26. The number of hydrogen-bond acceptors (Lipinski definition) is 5. The highest BCUT2D eigenvalue weighted by Gasteiger charge is 2.18. The maximum atomic E-state index is 13.3. The zero-order valence-corrected chi connectivity index (χ0v) is 16.0. The molecule has 8 heteroatoms. The second kappa shape index (κ2) is 8.20. The maximum Gasteiger partial charge on any atom is 0.240 e. The van der Waals surface area contributed by atoms with Gasteiger partial charge in [0.25, 0.3) is 0 Å². The molecular weight excluding hydrogens is 382 g/mol. The molecule has 1 fully saturated rings. The first-order chi connectivity index (χ1) is 13.6. The number of carbonyl (C=O) groups is 1. The molecule has 1 N–H and O–H groups in total. The van der Waals surface area contributed by atoms with Crippen molar-refractivity contribution >= 4 is 38.3 Å². The largest absolute Gasteiger partial charge is 0.370 e. The number of carbonyl (C=O) groups excluding carboxylic acids is 1. The average Bonchev–Trinajstić information content (AvgIpc) is 2.90. The zero-order valence-electron chi connectivity index (χ0n) is 15.2. The van der Waals surface area contributed by atoms with Gasteiger partial charge in [-0.15, -0.1) is 0 Å². The topological polar surface area (TPSA) is 48.5 Å². The first-order valence-electron chi connectivity index (χ1n) is 9.16. The van der Waals surface area contributed by atoms with Gasteiger partial charge in [0.2, 0.25) is 5.91 Å². The van der Waals surface area contributed by atoms with E-state index in [1.54, 1.807) is 18.2 Å². The lowest BCUT2D eigenvalue weighted by Gasteiger charge is -2.23. The van der Waals surface area contributed by atoms with Crippen LogP contribution in [0.3, 0.4) is 0 Å². The van der Waals surface area contributed by atoms with Crippen molar-refractivity contribution in [1.82, 2.24) is 9.88 Å². The highest BCUT2D eigenvalue weighted by atomic mass is 32.1. The first-order valence-corrected chi connectivity index (χ1v) is 9.97. The van der Waals surface area contributed by atoms with E-state index in [2.05, 4.69) is 20.1 Å². The predicted molar refractivity (Wildman–Crippen MR) is 108 cm³/mol. The summed E-state index contributed by atoms with van der Waals surface area (Å²) < 4.78 is 27.1. The Kier molecular flexibility index (Phi) is 5.50. The molecule has 4 rings (SSSR count). The van der Waals surface area contributed by atoms with Crippen LogP contribution in [0.1, 0.15) is 6.42 Å². The highest BCUT2D eigenvalue weighted by molar-refractivity contribution is 7.22. The molecule has 0 unspecified atom stereocenters. The maximum absolute atomic E-state index is 13.3. The Balaban J connectivity index is 1.33. The minimum absolute atomic E-state index is 0.130. The minimum Gasteiger partial charge on any atom is -0.370 e. The lowest BCUT2D eigenvalue weighted by molar-refractivity contribution is -0.117. The summed E-state index contributed by atoms with van der Waals surface area (Å²) in [7, 11) is 0. The molecule has 2 heterocycles. The number of amides is 1. The van der Waals surface area contributed by atoms with Gasteiger partial charge in [-0.1, -0.05) is 11.3 Å². The van der Waals surface area contributed by atoms with Crippen LogP contribution in [-0.2, 0) is 4.79 Å². The molecule has 1 amide bonds. The Morgan fingerprint density at radius 3 is 2.64 bits per heavy atom. The molecular formula is C20H20F2N4OS. The fourth-order valence-corrected chi connectivity index (χ4v) is 4.26. The van der Waals surface area contributed by atoms with Gasteiger partial charge in [0, 0.05) is 31.9 Å². The summed E-state index contributed by atoms with van der Waals surface area (Å²) in [6.07, 6.45) is 0.922. The van der Waals surface area contributed by atoms with Crippen molar-refractivity contribution in [3.63, 3.8) is 0 Å². The number of fused-ring (bicyclic) bond motifs is 1. The van der Waals surface area contributed by atoms with E-state index in [0.717, 1.165) is 38.3 Å². The first kappa shape index (κ1) is 18.8. The number of halogens is 2. The number of hydrogen-bond donors (Lipinski definition) is 1. The molecule has 1 aromatic heterocycles. The fraction of sp³-hybridized carbons (Fsp3) is 0.300. The Bertz CT molecular complexity index is 976. The molecule has 0 spiro atoms. The molecule has 0 aliphatic carbocycles. The monoisotopic (exact) mass is 402 g/mol. The van der Waals surface area contributed by atoms with Crippen LogP contribution in [0.2, 0.25) is 0 Å². The van der Waals surface area contributed by atoms with Crippen LogP contribution in [0, 0.1) is 11.6 Å². The molecule has 2 aromatic carbocycles. The normalized spacial score (nSPS) is 15.6. The van der Waals surface area contributed by atoms with Gasteiger partial charge in [-0.3, -0.25) is 9.69 Å². The molecule has 0 bridgehead atoms. The number of rotatable bonds is 4. The summed E-state index contributed by atoms with van der Waals surface area (Å²) in [5.74, 6) is -0.687. The number of thiazole rings is 1. The predicted octanol–water partition coefficient (Wildman–Crippen LogP) is 3.73. The van der Waals surface area contributed by atoms with E-state index in [1.165, 1.54) is 35.6 Å². The summed E-state index contributed by atoms with van der Waals surface area (Å²) in [5, 5.41) is 3.30. The number of nitrogens with one attached hydrogen (secondary N) is 1. The molecule has 28 heavy (non-hydrogen) atoms. The van der Waals surface area contributed by atoms with E-state index < -0.39 is 0 Å². The van der Waals surface area contributed by atoms with Gasteiger partial charge in [-0.25, -0.2) is 13.8 Å². The van der Waals surface area contributed by atoms with Gasteiger partial charge in [0.1, 0.15) is 11.6 Å². The Morgan fingerprint density at radius 1 is 1.04 bits per heavy atom. The summed E-state index contributed by atoms with van der Waals surface area (Å²) in [5.41, 5.74) is 1.67. The number of nitrogens with zero attached hydrogens (tertiary/aromatic N) is 3. The Hall–Kier alpha value is -2.58. The third-order valence-corrected chi connectivity index (χ3v) is 5.68. The minimum atomic E-state index is -0.315. The molecule has 3 aromatic rings. The molecule has 1 saturated heterocycles. The Morgan fingerprint density at radius 2 is 1.82 bits per heavy atom. The molecule has 146 valence electrons. The van der Waals surface area contributed by atoms with Crippen molar-refractivity contribution in [3.05, 3.63) is 54.1 Å². The molecule has 5 nitrogen and oxygen atoms in total. The van der Waals surface area contributed by atoms with Crippen molar-refractivity contribution in [2.75, 3.05) is 42.9 Å². The number of anilines is 2. The van der Waals surface area contributed by atoms with Crippen molar-refractivity contribution in [3.8, 4) is 0 Å². The second-order valence-electron chi connectivity index (χ2n) is 6.77. The quantitative estimate of drug-likeness (QED) is 0.723. The lowest BCUT2D eigenvalue weighted by atomic mass is 10.2. The van der Waals surface area contributed by atoms with Crippen molar-refractivity contribution in [2.24, 2.45) is 0 Å². The standard InChI is InChI=1S/C20H20F2N4OS/c21-14-2-5-16(6-3-14)26-9-1-8-25(10-11-26)13-19(27)24-20-23-17-7-4-15(22)12-18(17)28-20/h2-7,12H,1,8-11,13H2,(H,23,24,27). The second-order valence-corrected chi connectivity index (χ2v) is 7.80. The van der Waals surface area contributed by atoms with Crippen LogP contribution in [-0.4, -0.2) is 48.5 Å². The smallest absolute Gasteiger partial charge is 0.240 e. The van der Waals surface area contributed by atoms with Gasteiger partial charge in [-0.2, -0.15) is 0 Å². The van der Waals surface area contributed by atoms with Gasteiger partial charge < -0.3 is 10.2 Å². The van der Waals surface area contributed by atoms with Gasteiger partial charge in [-0.05, 0) is 48.9 Å². The van der Waals surface area contributed by atoms with Crippen LogP contribution in [0.15, 0.2) is 42.5 Å². The van der Waals surface area contributed by atoms with Crippen molar-refractivity contribution in [1.29, 1.82) is 0 Å². The molecule has 0 radical (unpaired) electrons. The average molecular weight is 402 g/mol. The third-order valence-electron chi connectivity index (χ3n) is 4.74. The van der Waals surface area contributed by atoms with E-state index in [9.17, 15) is 13.6 Å². The van der Waals surface area contributed by atoms with E-state index >= 15 is 0 Å². The van der Waals surface area contributed by atoms with Crippen LogP contribution in [0.4, 0.5) is 19.6 Å². The van der Waals surface area contributed by atoms with Gasteiger partial charge in [0.15, 0.2) is 5.13 Å². The fourth-order valence-electron chi connectivity index (χ4n) is 3.35.